The van der Waals surface area contributed by atoms with Gasteiger partial charge in [0.15, 0.2) is 0 Å². The van der Waals surface area contributed by atoms with Crippen LogP contribution in [0.15, 0.2) is 133 Å². The normalized spacial score (nSPS) is 18.9. The molecule has 0 radical (unpaired) electrons. The average molecular weight is 561 g/mol. The molecule has 0 spiro atoms. The third-order valence-electron chi connectivity index (χ3n) is 8.38. The topological polar surface area (TPSA) is 8.17 Å². The molecule has 0 saturated heterocycles. The van der Waals surface area contributed by atoms with E-state index >= 15 is 0 Å². The van der Waals surface area contributed by atoms with Crippen molar-refractivity contribution >= 4 is 48.9 Å². The van der Waals surface area contributed by atoms with Crippen LogP contribution in [-0.2, 0) is 0 Å². The highest BCUT2D eigenvalue weighted by Gasteiger charge is 2.25. The molecule has 0 saturated carbocycles. The van der Waals surface area contributed by atoms with Gasteiger partial charge in [-0.2, -0.15) is 0 Å². The second-order valence-corrected chi connectivity index (χ2v) is 11.8. The van der Waals surface area contributed by atoms with Crippen LogP contribution >= 0.6 is 11.3 Å². The summed E-state index contributed by atoms with van der Waals surface area (Å²) >= 11 is 1.81. The molecule has 0 bridgehead atoms. The predicted octanol–water partition coefficient (Wildman–Crippen LogP) is 10.2. The van der Waals surface area contributed by atoms with Crippen LogP contribution in [0, 0.1) is 18.3 Å². The first-order valence-electron chi connectivity index (χ1n) is 14.6. The van der Waals surface area contributed by atoms with Crippen molar-refractivity contribution in [2.45, 2.75) is 20.3 Å². The van der Waals surface area contributed by atoms with Crippen LogP contribution in [0.5, 0.6) is 0 Å². The first-order valence-corrected chi connectivity index (χ1v) is 15.4. The minimum absolute atomic E-state index is 0.302. The largest absolute Gasteiger partial charge is 0.340 e. The Hall–Kier alpha value is -4.78. The summed E-state index contributed by atoms with van der Waals surface area (Å²) in [5.41, 5.74) is 8.35. The molecule has 1 aliphatic carbocycles. The number of thiophene rings is 1. The van der Waals surface area contributed by atoms with Gasteiger partial charge in [0, 0.05) is 40.7 Å². The maximum absolute atomic E-state index is 6.34. The minimum Gasteiger partial charge on any atom is -0.340 e. The summed E-state index contributed by atoms with van der Waals surface area (Å²) in [4.78, 5) is 3.61. The van der Waals surface area contributed by atoms with Crippen molar-refractivity contribution in [1.82, 2.24) is 9.47 Å². The molecule has 2 aromatic heterocycles. The van der Waals surface area contributed by atoms with Crippen molar-refractivity contribution in [3.05, 3.63) is 143 Å². The quantitative estimate of drug-likeness (QED) is 0.199. The molecule has 0 fully saturated rings. The molecule has 2 aliphatic rings. The Morgan fingerprint density at radius 3 is 2.33 bits per heavy atom. The van der Waals surface area contributed by atoms with Crippen molar-refractivity contribution in [1.29, 1.82) is 0 Å². The molecule has 7 rings (SSSR count). The zero-order valence-corrected chi connectivity index (χ0v) is 24.7. The van der Waals surface area contributed by atoms with Crippen LogP contribution in [0.3, 0.4) is 0 Å². The molecule has 2 nitrogen and oxygen atoms in total. The molecule has 0 amide bonds. The second-order valence-electron chi connectivity index (χ2n) is 10.8. The van der Waals surface area contributed by atoms with E-state index in [1.807, 2.05) is 11.3 Å². The van der Waals surface area contributed by atoms with E-state index in [9.17, 15) is 0 Å². The van der Waals surface area contributed by atoms with Crippen LogP contribution in [0.4, 0.5) is 0 Å². The lowest BCUT2D eigenvalue weighted by atomic mass is 9.96. The SMILES string of the molecule is C#Cc1c(/C(=C\C)N2C/C=C\C=C/C(C)C3=C2CC=CC=C3)sc2c(-n3c4ccccc4c4ccccc43)cccc12. The molecule has 1 atom stereocenters. The summed E-state index contributed by atoms with van der Waals surface area (Å²) < 4.78 is 3.61. The molecule has 42 heavy (non-hydrogen) atoms. The second kappa shape index (κ2) is 10.9. The number of nitrogens with zero attached hydrogens (tertiary/aromatic N) is 2. The number of hydrogen-bond donors (Lipinski definition) is 0. The number of terminal acetylenes is 1. The summed E-state index contributed by atoms with van der Waals surface area (Å²) in [7, 11) is 0. The smallest absolute Gasteiger partial charge is 0.0674 e. The molecule has 5 aromatic rings. The Morgan fingerprint density at radius 1 is 0.881 bits per heavy atom. The maximum Gasteiger partial charge on any atom is 0.0674 e. The zero-order chi connectivity index (χ0) is 28.6. The first-order chi connectivity index (χ1) is 20.7. The lowest BCUT2D eigenvalue weighted by molar-refractivity contribution is 0.519. The van der Waals surface area contributed by atoms with E-state index in [1.165, 1.54) is 37.8 Å². The van der Waals surface area contributed by atoms with E-state index in [-0.39, 0.29) is 0 Å². The molecule has 3 aromatic carbocycles. The van der Waals surface area contributed by atoms with Crippen molar-refractivity contribution in [2.75, 3.05) is 6.54 Å². The van der Waals surface area contributed by atoms with Gasteiger partial charge in [0.2, 0.25) is 0 Å². The summed E-state index contributed by atoms with van der Waals surface area (Å²) in [5.74, 6) is 3.41. The molecule has 204 valence electrons. The molecule has 3 heteroatoms. The first kappa shape index (κ1) is 26.1. The highest BCUT2D eigenvalue weighted by atomic mass is 32.1. The Balaban J connectivity index is 1.47. The van der Waals surface area contributed by atoms with Crippen LogP contribution in [0.2, 0.25) is 0 Å². The number of fused-ring (bicyclic) bond motifs is 4. The fraction of sp³-hybridized carbons (Fsp3) is 0.128. The number of hydrogen-bond acceptors (Lipinski definition) is 2. The van der Waals surface area contributed by atoms with Crippen molar-refractivity contribution in [3.63, 3.8) is 0 Å². The predicted molar refractivity (Wildman–Crippen MR) is 182 cm³/mol. The van der Waals surface area contributed by atoms with Gasteiger partial charge in [-0.1, -0.05) is 116 Å². The minimum atomic E-state index is 0.302. The number of benzene rings is 3. The van der Waals surface area contributed by atoms with Gasteiger partial charge in [0.05, 0.1) is 37.6 Å². The van der Waals surface area contributed by atoms with Crippen LogP contribution in [-0.4, -0.2) is 16.0 Å². The zero-order valence-electron chi connectivity index (χ0n) is 23.9. The standard InChI is InChI=1S/C39H32N2S/c1-4-28-32-21-16-25-37(41-35-23-13-11-19-30(35)31-20-12-14-24-36(31)41)39(32)42-38(28)33(5-2)40-26-15-7-8-17-27(3)29-18-9-6-10-22-34(29)40/h1,5-21,23-25,27H,22,26H2,2-3H3/b15-7-,17-8-,33-5+. The Kier molecular flexibility index (Phi) is 6.78. The van der Waals surface area contributed by atoms with Gasteiger partial charge < -0.3 is 9.47 Å². The fourth-order valence-electron chi connectivity index (χ4n) is 6.44. The molecule has 1 unspecified atom stereocenters. The third kappa shape index (κ3) is 4.19. The van der Waals surface area contributed by atoms with E-state index in [2.05, 4.69) is 151 Å². The summed E-state index contributed by atoms with van der Waals surface area (Å²) in [6, 6.07) is 23.9. The molecular formula is C39H32N2S. The Labute approximate surface area is 251 Å². The van der Waals surface area contributed by atoms with E-state index in [4.69, 9.17) is 6.42 Å². The number of rotatable bonds is 3. The van der Waals surface area contributed by atoms with Gasteiger partial charge in [0.25, 0.3) is 0 Å². The summed E-state index contributed by atoms with van der Waals surface area (Å²) in [6.45, 7) is 5.18. The van der Waals surface area contributed by atoms with E-state index in [0.29, 0.717) is 5.92 Å². The van der Waals surface area contributed by atoms with Gasteiger partial charge in [-0.15, -0.1) is 17.8 Å². The average Bonchev–Trinajstić information content (AvgIpc) is 3.47. The van der Waals surface area contributed by atoms with Gasteiger partial charge in [-0.05, 0) is 30.7 Å². The van der Waals surface area contributed by atoms with Gasteiger partial charge in [0.1, 0.15) is 0 Å². The van der Waals surface area contributed by atoms with Crippen molar-refractivity contribution in [3.8, 4) is 18.0 Å². The van der Waals surface area contributed by atoms with Crippen molar-refractivity contribution in [2.24, 2.45) is 5.92 Å². The molecule has 0 N–H and O–H groups in total. The Morgan fingerprint density at radius 2 is 1.60 bits per heavy atom. The van der Waals surface area contributed by atoms with E-state index < -0.39 is 0 Å². The van der Waals surface area contributed by atoms with Gasteiger partial charge in [-0.25, -0.2) is 0 Å². The summed E-state index contributed by atoms with van der Waals surface area (Å²) in [5, 5.41) is 3.64. The number of para-hydroxylation sites is 2. The third-order valence-corrected chi connectivity index (χ3v) is 9.63. The van der Waals surface area contributed by atoms with Gasteiger partial charge in [-0.3, -0.25) is 0 Å². The molecule has 1 aliphatic heterocycles. The highest BCUT2D eigenvalue weighted by Crippen LogP contribution is 2.43. The van der Waals surface area contributed by atoms with Crippen LogP contribution < -0.4 is 0 Å². The maximum atomic E-state index is 6.34. The summed E-state index contributed by atoms with van der Waals surface area (Å²) in [6.07, 6.45) is 27.1. The molecular weight excluding hydrogens is 529 g/mol. The van der Waals surface area contributed by atoms with Crippen LogP contribution in [0.25, 0.3) is 43.3 Å². The fourth-order valence-corrected chi connectivity index (χ4v) is 7.79. The van der Waals surface area contributed by atoms with Crippen molar-refractivity contribution < 1.29 is 0 Å². The number of aromatic nitrogens is 1. The monoisotopic (exact) mass is 560 g/mol. The number of allylic oxidation sites excluding steroid dienone is 9. The van der Waals surface area contributed by atoms with E-state index in [1.54, 1.807) is 0 Å². The van der Waals surface area contributed by atoms with Gasteiger partial charge >= 0.3 is 0 Å². The molecule has 3 heterocycles. The lowest BCUT2D eigenvalue weighted by Crippen LogP contribution is -2.23. The lowest BCUT2D eigenvalue weighted by Gasteiger charge is -2.31. The van der Waals surface area contributed by atoms with E-state index in [0.717, 1.165) is 40.2 Å². The highest BCUT2D eigenvalue weighted by molar-refractivity contribution is 7.20. The van der Waals surface area contributed by atoms with Crippen LogP contribution in [0.1, 0.15) is 30.7 Å². The Bertz CT molecular complexity index is 2030.